The zero-order valence-electron chi connectivity index (χ0n) is 18.5. The molecule has 1 unspecified atom stereocenters. The van der Waals surface area contributed by atoms with E-state index in [0.717, 1.165) is 25.3 Å². The molecule has 0 aliphatic carbocycles. The lowest BCUT2D eigenvalue weighted by molar-refractivity contribution is -0.707. The Morgan fingerprint density at radius 1 is 1.18 bits per heavy atom. The van der Waals surface area contributed by atoms with Crippen molar-refractivity contribution in [1.29, 1.82) is 0 Å². The van der Waals surface area contributed by atoms with Gasteiger partial charge in [0.15, 0.2) is 12.2 Å². The number of nitrogens with zero attached hydrogens (tertiary/aromatic N) is 3. The van der Waals surface area contributed by atoms with Gasteiger partial charge in [-0.05, 0) is 25.1 Å². The lowest BCUT2D eigenvalue weighted by Gasteiger charge is -2.12. The molecule has 0 amide bonds. The molecule has 5 rings (SSSR count). The van der Waals surface area contributed by atoms with Crippen molar-refractivity contribution in [1.82, 2.24) is 4.57 Å². The Labute approximate surface area is 203 Å². The van der Waals surface area contributed by atoms with Crippen LogP contribution in [0.5, 0.6) is 0 Å². The number of fused-ring (bicyclic) bond motifs is 1. The van der Waals surface area contributed by atoms with Gasteiger partial charge in [-0.25, -0.2) is 4.39 Å². The molecule has 4 aromatic rings. The molecule has 1 atom stereocenters. The van der Waals surface area contributed by atoms with Gasteiger partial charge in [-0.15, -0.1) is 11.3 Å². The van der Waals surface area contributed by atoms with Crippen molar-refractivity contribution in [2.24, 2.45) is 0 Å². The molecule has 2 aromatic heterocycles. The predicted octanol–water partition coefficient (Wildman–Crippen LogP) is 4.16. The second-order valence-corrected chi connectivity index (χ2v) is 10.8. The highest BCUT2D eigenvalue weighted by molar-refractivity contribution is 8.08. The Kier molecular flexibility index (Phi) is 5.99. The Bertz CT molecular complexity index is 1500. The van der Waals surface area contributed by atoms with Crippen molar-refractivity contribution >= 4 is 51.2 Å². The summed E-state index contributed by atoms with van der Waals surface area (Å²) in [4.78, 5) is 16.2. The number of anilines is 1. The van der Waals surface area contributed by atoms with E-state index < -0.39 is 0 Å². The molecule has 1 aliphatic rings. The molecule has 3 heterocycles. The Morgan fingerprint density at radius 2 is 1.97 bits per heavy atom. The van der Waals surface area contributed by atoms with E-state index in [-0.39, 0.29) is 17.4 Å². The summed E-state index contributed by atoms with van der Waals surface area (Å²) in [6.45, 7) is 4.76. The Morgan fingerprint density at radius 3 is 2.73 bits per heavy atom. The number of benzene rings is 2. The van der Waals surface area contributed by atoms with E-state index in [9.17, 15) is 9.18 Å². The van der Waals surface area contributed by atoms with Crippen LogP contribution in [0.4, 0.5) is 10.1 Å². The van der Waals surface area contributed by atoms with E-state index in [1.54, 1.807) is 17.4 Å². The summed E-state index contributed by atoms with van der Waals surface area (Å²) in [7, 11) is 1.93. The maximum absolute atomic E-state index is 13.7. The SMILES string of the molecule is CCn1c(=Cc2scc[n+]2C(C)c2ccccc2)sc(=C2Sc3cc(F)ccc3N2C)c1=O. The molecular formula is C25H23FN3OS3+. The summed E-state index contributed by atoms with van der Waals surface area (Å²) in [6, 6.07) is 15.3. The van der Waals surface area contributed by atoms with Crippen molar-refractivity contribution in [2.45, 2.75) is 31.3 Å². The molecule has 0 saturated heterocycles. The largest absolute Gasteiger partial charge is 0.337 e. The number of rotatable bonds is 4. The molecule has 0 spiro atoms. The summed E-state index contributed by atoms with van der Waals surface area (Å²) < 4.78 is 19.4. The van der Waals surface area contributed by atoms with Crippen LogP contribution >= 0.6 is 34.4 Å². The number of halogens is 1. The van der Waals surface area contributed by atoms with Crippen molar-refractivity contribution in [3.8, 4) is 0 Å². The first-order chi connectivity index (χ1) is 16.0. The minimum atomic E-state index is -0.267. The lowest BCUT2D eigenvalue weighted by Crippen LogP contribution is -2.39. The van der Waals surface area contributed by atoms with Crippen LogP contribution in [0.3, 0.4) is 0 Å². The summed E-state index contributed by atoms with van der Waals surface area (Å²) in [5, 5.41) is 4.02. The third-order valence-electron chi connectivity index (χ3n) is 5.83. The maximum atomic E-state index is 13.7. The number of thioether (sulfide) groups is 1. The molecule has 2 aromatic carbocycles. The lowest BCUT2D eigenvalue weighted by atomic mass is 10.1. The summed E-state index contributed by atoms with van der Waals surface area (Å²) >= 11 is 4.61. The van der Waals surface area contributed by atoms with Crippen LogP contribution in [0.15, 0.2) is 69.8 Å². The highest BCUT2D eigenvalue weighted by Gasteiger charge is 2.26. The smallest absolute Gasteiger partial charge is 0.271 e. The molecule has 0 fully saturated rings. The molecule has 8 heteroatoms. The average molecular weight is 497 g/mol. The van der Waals surface area contributed by atoms with Crippen LogP contribution in [0.2, 0.25) is 0 Å². The monoisotopic (exact) mass is 496 g/mol. The fourth-order valence-electron chi connectivity index (χ4n) is 4.02. The number of thiazole rings is 2. The van der Waals surface area contributed by atoms with Gasteiger partial charge in [0.25, 0.3) is 10.6 Å². The van der Waals surface area contributed by atoms with Gasteiger partial charge in [0, 0.05) is 31.0 Å². The van der Waals surface area contributed by atoms with Crippen LogP contribution in [0, 0.1) is 5.82 Å². The van der Waals surface area contributed by atoms with Gasteiger partial charge in [0.05, 0.1) is 17.1 Å². The first-order valence-electron chi connectivity index (χ1n) is 10.7. The van der Waals surface area contributed by atoms with Gasteiger partial charge in [-0.2, -0.15) is 4.57 Å². The van der Waals surface area contributed by atoms with Gasteiger partial charge < -0.3 is 4.90 Å². The number of hydrogen-bond acceptors (Lipinski definition) is 5. The van der Waals surface area contributed by atoms with Crippen molar-refractivity contribution < 1.29 is 8.96 Å². The number of aromatic nitrogens is 2. The third-order valence-corrected chi connectivity index (χ3v) is 9.12. The molecule has 0 saturated carbocycles. The van der Waals surface area contributed by atoms with Crippen molar-refractivity contribution in [2.75, 3.05) is 11.9 Å². The minimum Gasteiger partial charge on any atom is -0.337 e. The fourth-order valence-corrected chi connectivity index (χ4v) is 7.43. The van der Waals surface area contributed by atoms with E-state index in [0.29, 0.717) is 11.1 Å². The molecule has 33 heavy (non-hydrogen) atoms. The Balaban J connectivity index is 1.63. The van der Waals surface area contributed by atoms with Crippen LogP contribution in [0.25, 0.3) is 11.1 Å². The van der Waals surface area contributed by atoms with Gasteiger partial charge in [-0.1, -0.05) is 53.4 Å². The van der Waals surface area contributed by atoms with Crippen LogP contribution < -0.4 is 24.2 Å². The fraction of sp³-hybridized carbons (Fsp3) is 0.200. The van der Waals surface area contributed by atoms with Crippen molar-refractivity contribution in [3.05, 3.63) is 96.0 Å². The van der Waals surface area contributed by atoms with Crippen LogP contribution in [-0.2, 0) is 6.54 Å². The highest BCUT2D eigenvalue weighted by atomic mass is 32.2. The van der Waals surface area contributed by atoms with Crippen LogP contribution in [0.1, 0.15) is 30.5 Å². The molecule has 0 N–H and O–H groups in total. The van der Waals surface area contributed by atoms with Gasteiger partial charge in [-0.3, -0.25) is 9.36 Å². The van der Waals surface area contributed by atoms with E-state index >= 15 is 0 Å². The van der Waals surface area contributed by atoms with Crippen LogP contribution in [-0.4, -0.2) is 11.6 Å². The average Bonchev–Trinajstić information content (AvgIpc) is 3.50. The molecule has 1 aliphatic heterocycles. The van der Waals surface area contributed by atoms with E-state index in [2.05, 4.69) is 53.4 Å². The first-order valence-corrected chi connectivity index (χ1v) is 13.2. The topological polar surface area (TPSA) is 29.1 Å². The van der Waals surface area contributed by atoms with E-state index in [1.165, 1.54) is 40.8 Å². The van der Waals surface area contributed by atoms with E-state index in [4.69, 9.17) is 0 Å². The normalized spacial score (nSPS) is 16.4. The predicted molar refractivity (Wildman–Crippen MR) is 136 cm³/mol. The summed E-state index contributed by atoms with van der Waals surface area (Å²) in [5.74, 6) is -0.267. The maximum Gasteiger partial charge on any atom is 0.271 e. The molecule has 0 bridgehead atoms. The number of hydrogen-bond donors (Lipinski definition) is 0. The van der Waals surface area contributed by atoms with E-state index in [1.807, 2.05) is 29.5 Å². The minimum absolute atomic E-state index is 0.00408. The molecule has 0 radical (unpaired) electrons. The second kappa shape index (κ2) is 8.93. The summed E-state index contributed by atoms with van der Waals surface area (Å²) in [5.41, 5.74) is 2.15. The molecule has 168 valence electrons. The third kappa shape index (κ3) is 3.96. The summed E-state index contributed by atoms with van der Waals surface area (Å²) in [6.07, 6.45) is 4.20. The zero-order chi connectivity index (χ0) is 23.1. The Hall–Kier alpha value is -2.68. The standard InChI is InChI=1S/C25H23FN3OS3/c1-4-28-22(15-21-29(12-13-31-21)16(2)17-8-6-5-7-9-17)33-23(24(28)30)25-27(3)19-11-10-18(26)14-20(19)32-25/h5-16H,4H2,1-3H3/q+1. The zero-order valence-corrected chi connectivity index (χ0v) is 20.9. The van der Waals surface area contributed by atoms with Gasteiger partial charge in [0.1, 0.15) is 20.0 Å². The second-order valence-electron chi connectivity index (χ2n) is 7.78. The van der Waals surface area contributed by atoms with Gasteiger partial charge in [0.2, 0.25) is 0 Å². The van der Waals surface area contributed by atoms with Crippen molar-refractivity contribution in [3.63, 3.8) is 0 Å². The molecular weight excluding hydrogens is 473 g/mol. The van der Waals surface area contributed by atoms with Gasteiger partial charge >= 0.3 is 0 Å². The quantitative estimate of drug-likeness (QED) is 0.397. The first kappa shape index (κ1) is 22.1. The highest BCUT2D eigenvalue weighted by Crippen LogP contribution is 2.45. The molecule has 4 nitrogen and oxygen atoms in total.